The van der Waals surface area contributed by atoms with Crippen LogP contribution in [0.5, 0.6) is 0 Å². The van der Waals surface area contributed by atoms with E-state index in [1.807, 2.05) is 23.6 Å². The molecule has 0 bridgehead atoms. The third kappa shape index (κ3) is 3.51. The molecule has 0 amide bonds. The lowest BCUT2D eigenvalue weighted by molar-refractivity contribution is 0.0519. The van der Waals surface area contributed by atoms with Gasteiger partial charge in [0.15, 0.2) is 0 Å². The van der Waals surface area contributed by atoms with Gasteiger partial charge in [-0.3, -0.25) is 0 Å². The van der Waals surface area contributed by atoms with Crippen LogP contribution in [0.25, 0.3) is 0 Å². The molecule has 0 aliphatic carbocycles. The molecular weight excluding hydrogens is 302 g/mol. The van der Waals surface area contributed by atoms with Crippen molar-refractivity contribution < 1.29 is 9.63 Å². The van der Waals surface area contributed by atoms with Crippen LogP contribution in [0.1, 0.15) is 15.2 Å². The quantitative estimate of drug-likeness (QED) is 0.492. The van der Waals surface area contributed by atoms with Gasteiger partial charge in [-0.1, -0.05) is 33.2 Å². The Hall–Kier alpha value is -1.46. The molecule has 1 aromatic carbocycles. The Balaban J connectivity index is 1.98. The number of thiophene rings is 1. The Morgan fingerprint density at radius 1 is 1.35 bits per heavy atom. The minimum atomic E-state index is -0.473. The highest BCUT2D eigenvalue weighted by atomic mass is 79.9. The van der Waals surface area contributed by atoms with Crippen molar-refractivity contribution in [2.75, 3.05) is 0 Å². The van der Waals surface area contributed by atoms with Crippen LogP contribution < -0.4 is 0 Å². The van der Waals surface area contributed by atoms with Crippen LogP contribution in [0.3, 0.4) is 0 Å². The number of carbonyl (C=O) groups is 1. The molecule has 0 atom stereocenters. The van der Waals surface area contributed by atoms with Gasteiger partial charge >= 0.3 is 5.97 Å². The molecule has 1 aromatic heterocycles. The molecule has 0 radical (unpaired) electrons. The summed E-state index contributed by atoms with van der Waals surface area (Å²) in [4.78, 5) is 17.3. The Labute approximate surface area is 111 Å². The van der Waals surface area contributed by atoms with E-state index in [0.29, 0.717) is 5.56 Å². The van der Waals surface area contributed by atoms with Gasteiger partial charge in [-0.05, 0) is 29.6 Å². The monoisotopic (exact) mass is 309 g/mol. The summed E-state index contributed by atoms with van der Waals surface area (Å²) in [6.07, 6.45) is 1.51. The van der Waals surface area contributed by atoms with Crippen molar-refractivity contribution in [3.05, 3.63) is 56.7 Å². The second-order valence-corrected chi connectivity index (χ2v) is 5.03. The first kappa shape index (κ1) is 12.0. The lowest BCUT2D eigenvalue weighted by Gasteiger charge is -1.97. The molecule has 3 nitrogen and oxygen atoms in total. The summed E-state index contributed by atoms with van der Waals surface area (Å²) in [5.74, 6) is -0.473. The second kappa shape index (κ2) is 5.75. The Kier molecular flexibility index (Phi) is 4.06. The fourth-order valence-electron chi connectivity index (χ4n) is 1.16. The second-order valence-electron chi connectivity index (χ2n) is 3.14. The van der Waals surface area contributed by atoms with Crippen LogP contribution >= 0.6 is 27.3 Å². The minimum Gasteiger partial charge on any atom is -0.313 e. The summed E-state index contributed by atoms with van der Waals surface area (Å²) in [5.41, 5.74) is 0.461. The number of nitrogens with zero attached hydrogens (tertiary/aromatic N) is 1. The normalized spacial score (nSPS) is 10.6. The molecule has 86 valence electrons. The SMILES string of the molecule is O=C(O/N=C\c1cccs1)c1cccc(Br)c1. The van der Waals surface area contributed by atoms with Crippen LogP contribution in [0, 0.1) is 0 Å². The van der Waals surface area contributed by atoms with Gasteiger partial charge in [0.05, 0.1) is 11.8 Å². The number of hydrogen-bond donors (Lipinski definition) is 0. The van der Waals surface area contributed by atoms with E-state index in [4.69, 9.17) is 4.84 Å². The smallest absolute Gasteiger partial charge is 0.313 e. The molecule has 0 aliphatic heterocycles. The predicted octanol–water partition coefficient (Wildman–Crippen LogP) is 3.70. The lowest BCUT2D eigenvalue weighted by atomic mass is 10.2. The molecule has 0 fully saturated rings. The average molecular weight is 310 g/mol. The predicted molar refractivity (Wildman–Crippen MR) is 71.5 cm³/mol. The highest BCUT2D eigenvalue weighted by Gasteiger charge is 2.06. The maximum absolute atomic E-state index is 11.6. The zero-order valence-corrected chi connectivity index (χ0v) is 11.1. The van der Waals surface area contributed by atoms with Gasteiger partial charge in [0, 0.05) is 9.35 Å². The zero-order valence-electron chi connectivity index (χ0n) is 8.67. The van der Waals surface area contributed by atoms with Crippen molar-refractivity contribution >= 4 is 39.5 Å². The molecule has 17 heavy (non-hydrogen) atoms. The summed E-state index contributed by atoms with van der Waals surface area (Å²) >= 11 is 4.81. The maximum Gasteiger partial charge on any atom is 0.365 e. The maximum atomic E-state index is 11.6. The first-order valence-corrected chi connectivity index (χ1v) is 6.47. The first-order chi connectivity index (χ1) is 8.25. The fraction of sp³-hybridized carbons (Fsp3) is 0. The van der Waals surface area contributed by atoms with Gasteiger partial charge in [0.1, 0.15) is 0 Å². The number of rotatable bonds is 3. The summed E-state index contributed by atoms with van der Waals surface area (Å²) in [5, 5.41) is 5.57. The molecule has 0 spiro atoms. The number of carbonyl (C=O) groups excluding carboxylic acids is 1. The summed E-state index contributed by atoms with van der Waals surface area (Å²) in [7, 11) is 0. The average Bonchev–Trinajstić information content (AvgIpc) is 2.82. The topological polar surface area (TPSA) is 38.7 Å². The van der Waals surface area contributed by atoms with E-state index in [0.717, 1.165) is 9.35 Å². The molecule has 2 rings (SSSR count). The van der Waals surface area contributed by atoms with Crippen molar-refractivity contribution in [2.24, 2.45) is 5.16 Å². The van der Waals surface area contributed by atoms with Crippen molar-refractivity contribution in [3.63, 3.8) is 0 Å². The van der Waals surface area contributed by atoms with Crippen molar-refractivity contribution in [3.8, 4) is 0 Å². The van der Waals surface area contributed by atoms with E-state index in [2.05, 4.69) is 21.1 Å². The molecule has 0 saturated heterocycles. The van der Waals surface area contributed by atoms with Crippen molar-refractivity contribution in [1.29, 1.82) is 0 Å². The largest absolute Gasteiger partial charge is 0.365 e. The van der Waals surface area contributed by atoms with Crippen molar-refractivity contribution in [2.45, 2.75) is 0 Å². The van der Waals surface area contributed by atoms with Crippen molar-refractivity contribution in [1.82, 2.24) is 0 Å². The highest BCUT2D eigenvalue weighted by Crippen LogP contribution is 2.12. The molecule has 0 unspecified atom stereocenters. The Morgan fingerprint density at radius 2 is 2.24 bits per heavy atom. The van der Waals surface area contributed by atoms with Gasteiger partial charge in [0.2, 0.25) is 0 Å². The summed E-state index contributed by atoms with van der Waals surface area (Å²) in [6.45, 7) is 0. The van der Waals surface area contributed by atoms with Crippen LogP contribution in [0.15, 0.2) is 51.4 Å². The van der Waals surface area contributed by atoms with E-state index in [-0.39, 0.29) is 0 Å². The van der Waals surface area contributed by atoms with E-state index >= 15 is 0 Å². The van der Waals surface area contributed by atoms with E-state index < -0.39 is 5.97 Å². The standard InChI is InChI=1S/C12H8BrNO2S/c13-10-4-1-3-9(7-10)12(15)16-14-8-11-5-2-6-17-11/h1-8H/b14-8-. The minimum absolute atomic E-state index is 0.461. The van der Waals surface area contributed by atoms with Gasteiger partial charge in [-0.25, -0.2) is 4.79 Å². The summed E-state index contributed by atoms with van der Waals surface area (Å²) < 4.78 is 0.828. The Bertz CT molecular complexity index is 537. The van der Waals surface area contributed by atoms with Crippen LogP contribution in [0.2, 0.25) is 0 Å². The van der Waals surface area contributed by atoms with Gasteiger partial charge in [0.25, 0.3) is 0 Å². The Morgan fingerprint density at radius 3 is 2.94 bits per heavy atom. The molecule has 5 heteroatoms. The molecule has 0 aliphatic rings. The lowest BCUT2D eigenvalue weighted by Crippen LogP contribution is -2.00. The highest BCUT2D eigenvalue weighted by molar-refractivity contribution is 9.10. The number of oxime groups is 1. The summed E-state index contributed by atoms with van der Waals surface area (Å²) in [6, 6.07) is 10.8. The van der Waals surface area contributed by atoms with Crippen LogP contribution in [-0.4, -0.2) is 12.2 Å². The molecule has 2 aromatic rings. The van der Waals surface area contributed by atoms with Crippen LogP contribution in [0.4, 0.5) is 0 Å². The van der Waals surface area contributed by atoms with E-state index in [9.17, 15) is 4.79 Å². The number of hydrogen-bond acceptors (Lipinski definition) is 4. The molecule has 1 heterocycles. The van der Waals surface area contributed by atoms with Gasteiger partial charge < -0.3 is 4.84 Å². The van der Waals surface area contributed by atoms with E-state index in [1.54, 1.807) is 18.2 Å². The third-order valence-electron chi connectivity index (χ3n) is 1.92. The number of halogens is 1. The van der Waals surface area contributed by atoms with Gasteiger partial charge in [-0.2, -0.15) is 0 Å². The first-order valence-electron chi connectivity index (χ1n) is 4.79. The zero-order chi connectivity index (χ0) is 12.1. The number of benzene rings is 1. The third-order valence-corrected chi connectivity index (χ3v) is 3.22. The molecule has 0 N–H and O–H groups in total. The fourth-order valence-corrected chi connectivity index (χ4v) is 2.13. The van der Waals surface area contributed by atoms with Gasteiger partial charge in [-0.15, -0.1) is 11.3 Å². The molecule has 0 saturated carbocycles. The van der Waals surface area contributed by atoms with E-state index in [1.165, 1.54) is 17.6 Å². The van der Waals surface area contributed by atoms with Crippen LogP contribution in [-0.2, 0) is 4.84 Å². The molecular formula is C12H8BrNO2S.